The highest BCUT2D eigenvalue weighted by molar-refractivity contribution is 5.74. The quantitative estimate of drug-likeness (QED) is 0.756. The number of alkyl halides is 3. The molecule has 9 heteroatoms. The lowest BCUT2D eigenvalue weighted by Crippen LogP contribution is -2.48. The Hall–Kier alpha value is -2.03. The molecule has 1 saturated heterocycles. The molecule has 27 heavy (non-hydrogen) atoms. The highest BCUT2D eigenvalue weighted by Crippen LogP contribution is 2.30. The number of nitrogens with zero attached hydrogens (tertiary/aromatic N) is 2. The summed E-state index contributed by atoms with van der Waals surface area (Å²) in [7, 11) is 0. The molecule has 0 radical (unpaired) electrons. The number of piperidine rings is 1. The minimum absolute atomic E-state index is 0.116. The summed E-state index contributed by atoms with van der Waals surface area (Å²) >= 11 is 0. The second kappa shape index (κ2) is 8.77. The Bertz CT molecular complexity index is 629. The second-order valence-electron chi connectivity index (χ2n) is 7.25. The maximum atomic E-state index is 12.2. The molecule has 1 aromatic heterocycles. The zero-order valence-corrected chi connectivity index (χ0v) is 15.1. The van der Waals surface area contributed by atoms with Crippen LogP contribution >= 0.6 is 0 Å². The summed E-state index contributed by atoms with van der Waals surface area (Å²) in [5.41, 5.74) is 0.622. The van der Waals surface area contributed by atoms with Crippen LogP contribution in [0.5, 0.6) is 5.88 Å². The molecule has 0 atom stereocenters. The van der Waals surface area contributed by atoms with Gasteiger partial charge >= 0.3 is 12.2 Å². The summed E-state index contributed by atoms with van der Waals surface area (Å²) in [4.78, 5) is 18.3. The van der Waals surface area contributed by atoms with Gasteiger partial charge in [0.1, 0.15) is 0 Å². The van der Waals surface area contributed by atoms with Crippen LogP contribution in [0.2, 0.25) is 0 Å². The number of halogens is 3. The van der Waals surface area contributed by atoms with Gasteiger partial charge in [-0.15, -0.1) is 0 Å². The number of nitrogens with one attached hydrogen (secondary N) is 2. The fraction of sp³-hybridized carbons (Fsp3) is 0.667. The number of rotatable bonds is 7. The van der Waals surface area contributed by atoms with Crippen LogP contribution in [-0.4, -0.2) is 54.4 Å². The van der Waals surface area contributed by atoms with Crippen LogP contribution in [0.15, 0.2) is 18.3 Å². The minimum atomic E-state index is -4.41. The van der Waals surface area contributed by atoms with Crippen molar-refractivity contribution < 1.29 is 22.7 Å². The molecule has 2 aliphatic rings. The van der Waals surface area contributed by atoms with Gasteiger partial charge in [-0.05, 0) is 43.2 Å². The molecule has 2 heterocycles. The van der Waals surface area contributed by atoms with Crippen molar-refractivity contribution >= 4 is 6.03 Å². The van der Waals surface area contributed by atoms with Crippen LogP contribution in [0.25, 0.3) is 0 Å². The van der Waals surface area contributed by atoms with Gasteiger partial charge in [0.15, 0.2) is 6.61 Å². The van der Waals surface area contributed by atoms with Gasteiger partial charge in [0, 0.05) is 44.5 Å². The maximum Gasteiger partial charge on any atom is 0.422 e. The largest absolute Gasteiger partial charge is 0.468 e. The highest BCUT2D eigenvalue weighted by Gasteiger charge is 2.29. The number of carbonyl (C=O) groups excluding carboxylic acids is 1. The summed E-state index contributed by atoms with van der Waals surface area (Å²) in [5.74, 6) is 0.762. The number of likely N-dealkylation sites (tertiary alicyclic amines) is 1. The van der Waals surface area contributed by atoms with Gasteiger partial charge in [0.2, 0.25) is 5.88 Å². The lowest BCUT2D eigenvalue weighted by atomic mass is 10.0. The van der Waals surface area contributed by atoms with Crippen LogP contribution in [-0.2, 0) is 6.54 Å². The Morgan fingerprint density at radius 1 is 1.26 bits per heavy atom. The summed E-state index contributed by atoms with van der Waals surface area (Å²) in [6.07, 6.45) is 1.51. The first-order chi connectivity index (χ1) is 12.9. The van der Waals surface area contributed by atoms with Crippen molar-refractivity contribution in [1.82, 2.24) is 20.5 Å². The molecule has 6 nitrogen and oxygen atoms in total. The van der Waals surface area contributed by atoms with Gasteiger partial charge < -0.3 is 20.3 Å². The van der Waals surface area contributed by atoms with Gasteiger partial charge in [-0.1, -0.05) is 0 Å². The number of pyridine rings is 1. The smallest absolute Gasteiger partial charge is 0.422 e. The molecular weight excluding hydrogens is 361 g/mol. The molecule has 0 spiro atoms. The van der Waals surface area contributed by atoms with E-state index in [1.54, 1.807) is 6.07 Å². The molecule has 1 aliphatic heterocycles. The normalized spacial score (nSPS) is 18.9. The van der Waals surface area contributed by atoms with Crippen molar-refractivity contribution in [2.75, 3.05) is 26.2 Å². The molecule has 150 valence electrons. The van der Waals surface area contributed by atoms with Gasteiger partial charge in [-0.25, -0.2) is 9.78 Å². The number of ether oxygens (including phenoxy) is 1. The maximum absolute atomic E-state index is 12.2. The number of amides is 2. The molecule has 0 bridgehead atoms. The monoisotopic (exact) mass is 386 g/mol. The van der Waals surface area contributed by atoms with E-state index in [9.17, 15) is 18.0 Å². The second-order valence-corrected chi connectivity index (χ2v) is 7.25. The van der Waals surface area contributed by atoms with Crippen LogP contribution < -0.4 is 15.4 Å². The van der Waals surface area contributed by atoms with Crippen LogP contribution in [0.1, 0.15) is 31.2 Å². The van der Waals surface area contributed by atoms with Crippen LogP contribution in [0.3, 0.4) is 0 Å². The summed E-state index contributed by atoms with van der Waals surface area (Å²) < 4.78 is 41.2. The van der Waals surface area contributed by atoms with E-state index in [1.165, 1.54) is 31.6 Å². The predicted molar refractivity (Wildman–Crippen MR) is 93.3 cm³/mol. The number of hydrogen-bond acceptors (Lipinski definition) is 4. The Morgan fingerprint density at radius 3 is 2.67 bits per heavy atom. The molecule has 2 fully saturated rings. The third kappa shape index (κ3) is 7.24. The zero-order valence-electron chi connectivity index (χ0n) is 15.1. The predicted octanol–water partition coefficient (Wildman–Crippen LogP) is 2.70. The van der Waals surface area contributed by atoms with Crippen molar-refractivity contribution in [3.8, 4) is 5.88 Å². The lowest BCUT2D eigenvalue weighted by molar-refractivity contribution is -0.154. The Morgan fingerprint density at radius 2 is 2.00 bits per heavy atom. The van der Waals surface area contributed by atoms with Gasteiger partial charge in [0.05, 0.1) is 0 Å². The molecule has 0 unspecified atom stereocenters. The zero-order chi connectivity index (χ0) is 19.3. The van der Waals surface area contributed by atoms with E-state index in [2.05, 4.69) is 25.3 Å². The van der Waals surface area contributed by atoms with E-state index >= 15 is 0 Å². The van der Waals surface area contributed by atoms with E-state index in [0.717, 1.165) is 31.8 Å². The molecule has 0 aromatic carbocycles. The topological polar surface area (TPSA) is 66.5 Å². The third-order valence-corrected chi connectivity index (χ3v) is 4.77. The average Bonchev–Trinajstić information content (AvgIpc) is 3.44. The van der Waals surface area contributed by atoms with Crippen LogP contribution in [0, 0.1) is 5.92 Å². The highest BCUT2D eigenvalue weighted by atomic mass is 19.4. The van der Waals surface area contributed by atoms with Crippen molar-refractivity contribution in [2.24, 2.45) is 5.92 Å². The Kier molecular flexibility index (Phi) is 6.41. The van der Waals surface area contributed by atoms with Crippen molar-refractivity contribution in [3.05, 3.63) is 23.9 Å². The van der Waals surface area contributed by atoms with Gasteiger partial charge in [0.25, 0.3) is 0 Å². The van der Waals surface area contributed by atoms with E-state index < -0.39 is 12.8 Å². The molecule has 2 amide bonds. The van der Waals surface area contributed by atoms with Crippen molar-refractivity contribution in [2.45, 2.75) is 44.4 Å². The number of hydrogen-bond donors (Lipinski definition) is 2. The van der Waals surface area contributed by atoms with E-state index in [-0.39, 0.29) is 24.5 Å². The summed E-state index contributed by atoms with van der Waals surface area (Å²) in [6.45, 7) is 1.99. The SMILES string of the molecule is O=C(NCc1ccnc(OCC(F)(F)F)c1)NC1CCN(CC2CC2)CC1. The first-order valence-corrected chi connectivity index (χ1v) is 9.28. The van der Waals surface area contributed by atoms with E-state index in [0.29, 0.717) is 5.56 Å². The van der Waals surface area contributed by atoms with Crippen molar-refractivity contribution in [1.29, 1.82) is 0 Å². The molecule has 1 aromatic rings. The van der Waals surface area contributed by atoms with E-state index in [1.807, 2.05) is 0 Å². The van der Waals surface area contributed by atoms with Gasteiger partial charge in [-0.3, -0.25) is 0 Å². The average molecular weight is 386 g/mol. The third-order valence-electron chi connectivity index (χ3n) is 4.77. The fourth-order valence-electron chi connectivity index (χ4n) is 3.14. The van der Waals surface area contributed by atoms with Crippen LogP contribution in [0.4, 0.5) is 18.0 Å². The number of carbonyl (C=O) groups is 1. The van der Waals surface area contributed by atoms with Gasteiger partial charge in [-0.2, -0.15) is 13.2 Å². The molecule has 2 N–H and O–H groups in total. The van der Waals surface area contributed by atoms with Crippen molar-refractivity contribution in [3.63, 3.8) is 0 Å². The number of aromatic nitrogens is 1. The molecule has 1 saturated carbocycles. The summed E-state index contributed by atoms with van der Waals surface area (Å²) in [5, 5.41) is 5.70. The summed E-state index contributed by atoms with van der Waals surface area (Å²) in [6, 6.07) is 2.90. The fourth-order valence-corrected chi connectivity index (χ4v) is 3.14. The first-order valence-electron chi connectivity index (χ1n) is 9.28. The molecule has 1 aliphatic carbocycles. The first kappa shape index (κ1) is 19.7. The Balaban J connectivity index is 1.36. The minimum Gasteiger partial charge on any atom is -0.468 e. The lowest BCUT2D eigenvalue weighted by Gasteiger charge is -2.32. The standard InChI is InChI=1S/C18H25F3N4O2/c19-18(20,21)12-27-16-9-14(3-6-22-16)10-23-17(26)24-15-4-7-25(8-5-15)11-13-1-2-13/h3,6,9,13,15H,1-2,4-5,7-8,10-12H2,(H2,23,24,26). The van der Waals surface area contributed by atoms with E-state index in [4.69, 9.17) is 0 Å². The molecular formula is C18H25F3N4O2. The Labute approximate surface area is 156 Å². The number of urea groups is 1. The molecule has 3 rings (SSSR count).